The number of aryl methyl sites for hydroxylation is 1. The highest BCUT2D eigenvalue weighted by molar-refractivity contribution is 7.99. The van der Waals surface area contributed by atoms with E-state index in [0.29, 0.717) is 10.1 Å². The molecule has 27 heavy (non-hydrogen) atoms. The van der Waals surface area contributed by atoms with Gasteiger partial charge in [-0.1, -0.05) is 20.8 Å². The van der Waals surface area contributed by atoms with Crippen molar-refractivity contribution in [2.45, 2.75) is 56.6 Å². The number of nitrogens with one attached hydrogen (secondary N) is 1. The molecule has 0 spiro atoms. The molecule has 1 aromatic carbocycles. The lowest BCUT2D eigenvalue weighted by Crippen LogP contribution is -2.45. The normalized spacial score (nSPS) is 12.1. The predicted octanol–water partition coefficient (Wildman–Crippen LogP) is 3.82. The number of nitro groups is 1. The first kappa shape index (κ1) is 20.9. The van der Waals surface area contributed by atoms with Gasteiger partial charge in [0.25, 0.3) is 11.6 Å². The molecule has 0 atom stereocenters. The summed E-state index contributed by atoms with van der Waals surface area (Å²) in [6, 6.07) is 4.47. The standard InChI is InChI=1S/C18H25N5O3S/c1-17(2,3)10-18(4,5)20-15(24)12-7-8-14(13(9-12)23(25)26)27-16-21-19-11-22(16)6/h7-9,11H,10H2,1-6H3,(H,20,24). The number of hydrogen-bond donors (Lipinski definition) is 1. The Morgan fingerprint density at radius 3 is 2.48 bits per heavy atom. The number of nitro benzene ring substituents is 1. The van der Waals surface area contributed by atoms with Gasteiger partial charge in [0.15, 0.2) is 5.16 Å². The summed E-state index contributed by atoms with van der Waals surface area (Å²) in [6.07, 6.45) is 2.29. The number of carbonyl (C=O) groups excluding carboxylic acids is 1. The smallest absolute Gasteiger partial charge is 0.284 e. The Labute approximate surface area is 162 Å². The molecule has 1 aromatic heterocycles. The molecule has 1 N–H and O–H groups in total. The first-order chi connectivity index (χ1) is 12.4. The number of rotatable bonds is 6. The molecule has 0 aliphatic rings. The van der Waals surface area contributed by atoms with E-state index in [2.05, 4.69) is 36.3 Å². The third-order valence-electron chi connectivity index (χ3n) is 3.71. The first-order valence-corrected chi connectivity index (χ1v) is 9.32. The predicted molar refractivity (Wildman–Crippen MR) is 104 cm³/mol. The van der Waals surface area contributed by atoms with Crippen molar-refractivity contribution < 1.29 is 9.72 Å². The topological polar surface area (TPSA) is 103 Å². The van der Waals surface area contributed by atoms with Crippen molar-refractivity contribution in [3.8, 4) is 0 Å². The molecule has 0 aliphatic carbocycles. The van der Waals surface area contributed by atoms with Crippen molar-refractivity contribution in [1.82, 2.24) is 20.1 Å². The fraction of sp³-hybridized carbons (Fsp3) is 0.500. The Morgan fingerprint density at radius 2 is 1.96 bits per heavy atom. The molecular weight excluding hydrogens is 366 g/mol. The molecule has 0 saturated carbocycles. The van der Waals surface area contributed by atoms with Crippen molar-refractivity contribution in [2.75, 3.05) is 0 Å². The number of amides is 1. The highest BCUT2D eigenvalue weighted by Crippen LogP contribution is 2.34. The van der Waals surface area contributed by atoms with E-state index < -0.39 is 10.5 Å². The molecule has 2 aromatic rings. The zero-order valence-corrected chi connectivity index (χ0v) is 17.3. The third-order valence-corrected chi connectivity index (χ3v) is 4.83. The van der Waals surface area contributed by atoms with Crippen molar-refractivity contribution in [3.05, 3.63) is 40.2 Å². The molecular formula is C18H25N5O3S. The van der Waals surface area contributed by atoms with Crippen molar-refractivity contribution in [3.63, 3.8) is 0 Å². The van der Waals surface area contributed by atoms with Crippen LogP contribution >= 0.6 is 11.8 Å². The van der Waals surface area contributed by atoms with Gasteiger partial charge >= 0.3 is 0 Å². The van der Waals surface area contributed by atoms with E-state index in [0.717, 1.165) is 18.2 Å². The molecule has 0 fully saturated rings. The van der Waals surface area contributed by atoms with Crippen LogP contribution in [0, 0.1) is 15.5 Å². The molecule has 0 unspecified atom stereocenters. The average Bonchev–Trinajstić information content (AvgIpc) is 2.89. The average molecular weight is 391 g/mol. The minimum absolute atomic E-state index is 0.0410. The Balaban J connectivity index is 2.26. The van der Waals surface area contributed by atoms with Crippen LogP contribution in [0.5, 0.6) is 0 Å². The molecule has 146 valence electrons. The van der Waals surface area contributed by atoms with Gasteiger partial charge in [-0.2, -0.15) is 0 Å². The molecule has 1 heterocycles. The van der Waals surface area contributed by atoms with Crippen LogP contribution in [0.15, 0.2) is 34.6 Å². The number of aromatic nitrogens is 3. The van der Waals surface area contributed by atoms with Crippen LogP contribution in [-0.4, -0.2) is 31.1 Å². The van der Waals surface area contributed by atoms with E-state index in [1.54, 1.807) is 23.7 Å². The van der Waals surface area contributed by atoms with Gasteiger partial charge in [0, 0.05) is 24.2 Å². The second-order valence-electron chi connectivity index (χ2n) is 8.34. The van der Waals surface area contributed by atoms with Crippen LogP contribution in [-0.2, 0) is 7.05 Å². The fourth-order valence-electron chi connectivity index (χ4n) is 3.10. The van der Waals surface area contributed by atoms with Gasteiger partial charge in [-0.15, -0.1) is 10.2 Å². The maximum absolute atomic E-state index is 12.6. The van der Waals surface area contributed by atoms with E-state index in [1.165, 1.54) is 12.4 Å². The van der Waals surface area contributed by atoms with E-state index >= 15 is 0 Å². The van der Waals surface area contributed by atoms with Gasteiger partial charge in [0.05, 0.1) is 9.82 Å². The Morgan fingerprint density at radius 1 is 1.30 bits per heavy atom. The zero-order valence-electron chi connectivity index (χ0n) is 16.4. The van der Waals surface area contributed by atoms with Crippen molar-refractivity contribution in [1.29, 1.82) is 0 Å². The molecule has 0 radical (unpaired) electrons. The summed E-state index contributed by atoms with van der Waals surface area (Å²) in [5.41, 5.74) is -0.273. The van der Waals surface area contributed by atoms with E-state index in [-0.39, 0.29) is 22.6 Å². The number of carbonyl (C=O) groups is 1. The van der Waals surface area contributed by atoms with Crippen LogP contribution in [0.1, 0.15) is 51.4 Å². The lowest BCUT2D eigenvalue weighted by Gasteiger charge is -2.33. The van der Waals surface area contributed by atoms with Gasteiger partial charge in [-0.05, 0) is 49.6 Å². The Bertz CT molecular complexity index is 855. The lowest BCUT2D eigenvalue weighted by molar-refractivity contribution is -0.387. The van der Waals surface area contributed by atoms with E-state index in [1.807, 2.05) is 13.8 Å². The van der Waals surface area contributed by atoms with Crippen LogP contribution in [0.25, 0.3) is 0 Å². The summed E-state index contributed by atoms with van der Waals surface area (Å²) >= 11 is 1.13. The number of benzene rings is 1. The van der Waals surface area contributed by atoms with Crippen molar-refractivity contribution >= 4 is 23.4 Å². The van der Waals surface area contributed by atoms with Crippen LogP contribution in [0.2, 0.25) is 0 Å². The van der Waals surface area contributed by atoms with Gasteiger partial charge in [-0.3, -0.25) is 14.9 Å². The Kier molecular flexibility index (Phi) is 5.94. The van der Waals surface area contributed by atoms with Gasteiger partial charge in [0.1, 0.15) is 6.33 Å². The monoisotopic (exact) mass is 391 g/mol. The van der Waals surface area contributed by atoms with Crippen LogP contribution in [0.4, 0.5) is 5.69 Å². The quantitative estimate of drug-likeness (QED) is 0.593. The van der Waals surface area contributed by atoms with Gasteiger partial charge in [0.2, 0.25) is 0 Å². The van der Waals surface area contributed by atoms with E-state index in [4.69, 9.17) is 0 Å². The molecule has 2 rings (SSSR count). The van der Waals surface area contributed by atoms with Crippen LogP contribution < -0.4 is 5.32 Å². The summed E-state index contributed by atoms with van der Waals surface area (Å²) in [6.45, 7) is 10.2. The molecule has 0 bridgehead atoms. The number of hydrogen-bond acceptors (Lipinski definition) is 6. The molecule has 0 aliphatic heterocycles. The highest BCUT2D eigenvalue weighted by atomic mass is 32.2. The van der Waals surface area contributed by atoms with Crippen LogP contribution in [0.3, 0.4) is 0 Å². The molecule has 0 saturated heterocycles. The van der Waals surface area contributed by atoms with Crippen molar-refractivity contribution in [2.24, 2.45) is 12.5 Å². The molecule has 1 amide bonds. The van der Waals surface area contributed by atoms with Gasteiger partial charge in [-0.25, -0.2) is 0 Å². The lowest BCUT2D eigenvalue weighted by atomic mass is 9.81. The largest absolute Gasteiger partial charge is 0.347 e. The summed E-state index contributed by atoms with van der Waals surface area (Å²) in [7, 11) is 1.76. The molecule has 8 nitrogen and oxygen atoms in total. The Hall–Kier alpha value is -2.42. The maximum atomic E-state index is 12.6. The third kappa shape index (κ3) is 5.78. The molecule has 9 heteroatoms. The second kappa shape index (κ2) is 7.67. The minimum Gasteiger partial charge on any atom is -0.347 e. The van der Waals surface area contributed by atoms with Gasteiger partial charge < -0.3 is 9.88 Å². The zero-order chi connectivity index (χ0) is 20.4. The minimum atomic E-state index is -0.490. The fourth-order valence-corrected chi connectivity index (χ4v) is 3.95. The van der Waals surface area contributed by atoms with E-state index in [9.17, 15) is 14.9 Å². The summed E-state index contributed by atoms with van der Waals surface area (Å²) in [5, 5.41) is 22.7. The number of nitrogens with zero attached hydrogens (tertiary/aromatic N) is 4. The summed E-state index contributed by atoms with van der Waals surface area (Å²) in [4.78, 5) is 24.1. The summed E-state index contributed by atoms with van der Waals surface area (Å²) in [5.74, 6) is -0.331. The highest BCUT2D eigenvalue weighted by Gasteiger charge is 2.28. The maximum Gasteiger partial charge on any atom is 0.284 e. The first-order valence-electron chi connectivity index (χ1n) is 8.51. The SMILES string of the molecule is Cn1cnnc1Sc1ccc(C(=O)NC(C)(C)CC(C)(C)C)cc1[N+](=O)[O-]. The second-order valence-corrected chi connectivity index (χ2v) is 9.35. The summed E-state index contributed by atoms with van der Waals surface area (Å²) < 4.78 is 1.67.